The fourth-order valence-corrected chi connectivity index (χ4v) is 2.79. The van der Waals surface area contributed by atoms with Gasteiger partial charge in [0.15, 0.2) is 0 Å². The van der Waals surface area contributed by atoms with Crippen LogP contribution in [-0.2, 0) is 11.3 Å². The molecule has 2 N–H and O–H groups in total. The van der Waals surface area contributed by atoms with E-state index >= 15 is 0 Å². The minimum Gasteiger partial charge on any atom is -0.481 e. The summed E-state index contributed by atoms with van der Waals surface area (Å²) in [5.74, 6) is -0.102. The monoisotopic (exact) mass is 294 g/mol. The molecule has 1 heterocycles. The topological polar surface area (TPSA) is 82.8 Å². The van der Waals surface area contributed by atoms with Crippen LogP contribution in [-0.4, -0.2) is 35.1 Å². The molecule has 21 heavy (non-hydrogen) atoms. The van der Waals surface area contributed by atoms with Gasteiger partial charge in [-0.15, -0.1) is 0 Å². The third kappa shape index (κ3) is 3.56. The van der Waals surface area contributed by atoms with Crippen molar-refractivity contribution in [1.82, 2.24) is 10.2 Å². The minimum atomic E-state index is -0.811. The van der Waals surface area contributed by atoms with E-state index in [9.17, 15) is 14.7 Å². The van der Waals surface area contributed by atoms with Gasteiger partial charge in [-0.05, 0) is 31.9 Å². The van der Waals surface area contributed by atoms with Gasteiger partial charge in [-0.3, -0.25) is 4.79 Å². The number of amides is 2. The number of furan rings is 1. The molecule has 0 saturated heterocycles. The summed E-state index contributed by atoms with van der Waals surface area (Å²) in [6, 6.07) is 3.34. The lowest BCUT2D eigenvalue weighted by atomic mass is 9.86. The molecular formula is C15H22N2O4. The molecule has 116 valence electrons. The first kappa shape index (κ1) is 15.4. The molecule has 0 bridgehead atoms. The molecule has 0 atom stereocenters. The first-order valence-corrected chi connectivity index (χ1v) is 7.36. The largest absolute Gasteiger partial charge is 0.481 e. The fraction of sp³-hybridized carbons (Fsp3) is 0.600. The Hall–Kier alpha value is -1.98. The van der Waals surface area contributed by atoms with Gasteiger partial charge < -0.3 is 19.7 Å². The molecule has 1 saturated carbocycles. The number of hydrogen-bond acceptors (Lipinski definition) is 3. The Labute approximate surface area is 124 Å². The number of carboxylic acid groups (broad SMARTS) is 1. The Morgan fingerprint density at radius 1 is 1.43 bits per heavy atom. The van der Waals surface area contributed by atoms with Gasteiger partial charge in [-0.1, -0.05) is 12.8 Å². The van der Waals surface area contributed by atoms with Crippen molar-refractivity contribution in [2.24, 2.45) is 5.41 Å². The summed E-state index contributed by atoms with van der Waals surface area (Å²) in [5.41, 5.74) is -0.792. The van der Waals surface area contributed by atoms with Crippen LogP contribution in [0.5, 0.6) is 0 Å². The molecule has 1 aliphatic rings. The van der Waals surface area contributed by atoms with Crippen molar-refractivity contribution in [3.8, 4) is 0 Å². The summed E-state index contributed by atoms with van der Waals surface area (Å²) in [6.45, 7) is 2.99. The molecule has 2 amide bonds. The van der Waals surface area contributed by atoms with Crippen LogP contribution >= 0.6 is 0 Å². The van der Waals surface area contributed by atoms with Crippen molar-refractivity contribution < 1.29 is 19.1 Å². The second-order valence-electron chi connectivity index (χ2n) is 5.54. The smallest absolute Gasteiger partial charge is 0.317 e. The summed E-state index contributed by atoms with van der Waals surface area (Å²) < 4.78 is 5.24. The van der Waals surface area contributed by atoms with Gasteiger partial charge in [0.1, 0.15) is 5.76 Å². The Morgan fingerprint density at radius 2 is 2.14 bits per heavy atom. The van der Waals surface area contributed by atoms with E-state index in [0.29, 0.717) is 31.7 Å². The Kier molecular flexibility index (Phi) is 4.88. The zero-order valence-electron chi connectivity index (χ0n) is 12.3. The molecule has 0 radical (unpaired) electrons. The van der Waals surface area contributed by atoms with Gasteiger partial charge in [0, 0.05) is 13.1 Å². The van der Waals surface area contributed by atoms with Crippen molar-refractivity contribution in [2.75, 3.05) is 13.1 Å². The van der Waals surface area contributed by atoms with Crippen LogP contribution in [0.3, 0.4) is 0 Å². The van der Waals surface area contributed by atoms with E-state index in [4.69, 9.17) is 4.42 Å². The summed E-state index contributed by atoms with van der Waals surface area (Å²) in [6.07, 6.45) is 4.65. The van der Waals surface area contributed by atoms with Crippen molar-refractivity contribution in [1.29, 1.82) is 0 Å². The van der Waals surface area contributed by atoms with Crippen LogP contribution < -0.4 is 5.32 Å². The summed E-state index contributed by atoms with van der Waals surface area (Å²) in [5, 5.41) is 12.2. The predicted octanol–water partition coefficient (Wildman–Crippen LogP) is 2.46. The molecule has 1 aromatic rings. The second-order valence-corrected chi connectivity index (χ2v) is 5.54. The predicted molar refractivity (Wildman–Crippen MR) is 76.7 cm³/mol. The molecular weight excluding hydrogens is 272 g/mol. The van der Waals surface area contributed by atoms with E-state index in [1.807, 2.05) is 13.0 Å². The van der Waals surface area contributed by atoms with Crippen molar-refractivity contribution in [3.63, 3.8) is 0 Å². The van der Waals surface area contributed by atoms with Crippen LogP contribution in [0.25, 0.3) is 0 Å². The third-order valence-corrected chi connectivity index (χ3v) is 4.19. The highest BCUT2D eigenvalue weighted by Crippen LogP contribution is 2.37. The molecule has 6 nitrogen and oxygen atoms in total. The molecule has 1 aromatic heterocycles. The highest BCUT2D eigenvalue weighted by molar-refractivity contribution is 5.78. The van der Waals surface area contributed by atoms with Gasteiger partial charge in [0.25, 0.3) is 0 Å². The summed E-state index contributed by atoms with van der Waals surface area (Å²) in [4.78, 5) is 25.3. The van der Waals surface area contributed by atoms with E-state index in [2.05, 4.69) is 5.32 Å². The van der Waals surface area contributed by atoms with Gasteiger partial charge in [-0.2, -0.15) is 0 Å². The van der Waals surface area contributed by atoms with E-state index < -0.39 is 11.4 Å². The minimum absolute atomic E-state index is 0.190. The highest BCUT2D eigenvalue weighted by Gasteiger charge is 2.41. The lowest BCUT2D eigenvalue weighted by Crippen LogP contribution is -2.46. The van der Waals surface area contributed by atoms with Crippen molar-refractivity contribution in [2.45, 2.75) is 39.2 Å². The number of aliphatic carboxylic acids is 1. The third-order valence-electron chi connectivity index (χ3n) is 4.19. The van der Waals surface area contributed by atoms with Crippen molar-refractivity contribution >= 4 is 12.0 Å². The Bertz CT molecular complexity index is 478. The Balaban J connectivity index is 1.91. The first-order valence-electron chi connectivity index (χ1n) is 7.36. The zero-order valence-corrected chi connectivity index (χ0v) is 12.3. The average Bonchev–Trinajstić information content (AvgIpc) is 3.14. The maximum atomic E-state index is 12.2. The normalized spacial score (nSPS) is 16.6. The Morgan fingerprint density at radius 3 is 2.67 bits per heavy atom. The molecule has 0 aliphatic heterocycles. The number of carboxylic acids is 1. The molecule has 0 aromatic carbocycles. The zero-order chi connectivity index (χ0) is 15.3. The maximum Gasteiger partial charge on any atom is 0.317 e. The maximum absolute atomic E-state index is 12.2. The summed E-state index contributed by atoms with van der Waals surface area (Å²) in [7, 11) is 0. The van der Waals surface area contributed by atoms with E-state index in [-0.39, 0.29) is 12.6 Å². The number of carbonyl (C=O) groups excluding carboxylic acids is 1. The number of nitrogens with zero attached hydrogens (tertiary/aromatic N) is 1. The number of urea groups is 1. The lowest BCUT2D eigenvalue weighted by molar-refractivity contribution is -0.148. The van der Waals surface area contributed by atoms with Gasteiger partial charge in [0.05, 0.1) is 18.2 Å². The van der Waals surface area contributed by atoms with E-state index in [1.165, 1.54) is 0 Å². The lowest BCUT2D eigenvalue weighted by Gasteiger charge is -2.27. The van der Waals surface area contributed by atoms with E-state index in [0.717, 1.165) is 12.8 Å². The van der Waals surface area contributed by atoms with Crippen LogP contribution in [0.1, 0.15) is 38.4 Å². The molecule has 1 fully saturated rings. The molecule has 1 aliphatic carbocycles. The standard InChI is InChI=1S/C15H22N2O4/c1-2-17(10-12-6-5-9-21-12)14(20)16-11-15(13(18)19)7-3-4-8-15/h5-6,9H,2-4,7-8,10-11H2,1H3,(H,16,20)(H,18,19). The molecule has 0 spiro atoms. The highest BCUT2D eigenvalue weighted by atomic mass is 16.4. The van der Waals surface area contributed by atoms with Crippen molar-refractivity contribution in [3.05, 3.63) is 24.2 Å². The first-order chi connectivity index (χ1) is 10.1. The van der Waals surface area contributed by atoms with Gasteiger partial charge in [-0.25, -0.2) is 4.79 Å². The van der Waals surface area contributed by atoms with E-state index in [1.54, 1.807) is 17.2 Å². The van der Waals surface area contributed by atoms with Crippen LogP contribution in [0.4, 0.5) is 4.79 Å². The van der Waals surface area contributed by atoms with Crippen LogP contribution in [0.2, 0.25) is 0 Å². The van der Waals surface area contributed by atoms with Crippen LogP contribution in [0, 0.1) is 5.41 Å². The second kappa shape index (κ2) is 6.65. The van der Waals surface area contributed by atoms with Gasteiger partial charge >= 0.3 is 12.0 Å². The average molecular weight is 294 g/mol. The van der Waals surface area contributed by atoms with Gasteiger partial charge in [0.2, 0.25) is 0 Å². The number of hydrogen-bond donors (Lipinski definition) is 2. The number of rotatable bonds is 6. The molecule has 6 heteroatoms. The quantitative estimate of drug-likeness (QED) is 0.844. The summed E-state index contributed by atoms with van der Waals surface area (Å²) >= 11 is 0. The van der Waals surface area contributed by atoms with Crippen LogP contribution in [0.15, 0.2) is 22.8 Å². The number of carbonyl (C=O) groups is 2. The SMILES string of the molecule is CCN(Cc1ccco1)C(=O)NCC1(C(=O)O)CCCC1. The number of nitrogens with one attached hydrogen (secondary N) is 1. The molecule has 0 unspecified atom stereocenters. The molecule has 2 rings (SSSR count). The fourth-order valence-electron chi connectivity index (χ4n) is 2.79.